The van der Waals surface area contributed by atoms with Crippen LogP contribution in [0.3, 0.4) is 0 Å². The number of hydrogen-bond acceptors (Lipinski definition) is 2. The highest BCUT2D eigenvalue weighted by atomic mass is 28.4. The first kappa shape index (κ1) is 12.6. The number of hydrogen-bond donors (Lipinski definition) is 1. The van der Waals surface area contributed by atoms with Crippen molar-refractivity contribution in [1.82, 2.24) is 5.32 Å². The van der Waals surface area contributed by atoms with E-state index in [1.807, 2.05) is 0 Å². The van der Waals surface area contributed by atoms with Crippen LogP contribution in [-0.4, -0.2) is 27.5 Å². The lowest BCUT2D eigenvalue weighted by Crippen LogP contribution is -2.43. The Morgan fingerprint density at radius 2 is 1.94 bits per heavy atom. The van der Waals surface area contributed by atoms with Crippen molar-refractivity contribution in [3.05, 3.63) is 0 Å². The zero-order chi connectivity index (χ0) is 12.0. The number of nitrogens with one attached hydrogen (secondary N) is 1. The Morgan fingerprint density at radius 3 is 2.38 bits per heavy atom. The van der Waals surface area contributed by atoms with Crippen molar-refractivity contribution in [2.45, 2.75) is 64.2 Å². The molecule has 1 atom stereocenters. The third-order valence-corrected chi connectivity index (χ3v) is 9.35. The molecule has 2 nitrogen and oxygen atoms in total. The standard InChI is InChI=1S/C13H27NOSi/c1-12(2,3)16(4,5)15-9-11-8-13(6-7-13)10-14-11/h11,14H,6-10H2,1-5H3. The quantitative estimate of drug-likeness (QED) is 0.767. The molecule has 0 bridgehead atoms. The third kappa shape index (κ3) is 2.52. The van der Waals surface area contributed by atoms with Crippen LogP contribution >= 0.6 is 0 Å². The smallest absolute Gasteiger partial charge is 0.192 e. The highest BCUT2D eigenvalue weighted by molar-refractivity contribution is 6.74. The molecule has 1 heterocycles. The summed E-state index contributed by atoms with van der Waals surface area (Å²) in [7, 11) is -1.54. The van der Waals surface area contributed by atoms with Gasteiger partial charge in [-0.2, -0.15) is 0 Å². The molecule has 0 amide bonds. The average Bonchev–Trinajstić information content (AvgIpc) is 2.74. The molecule has 1 aliphatic heterocycles. The molecule has 1 aliphatic carbocycles. The summed E-state index contributed by atoms with van der Waals surface area (Å²) in [5.74, 6) is 0. The van der Waals surface area contributed by atoms with Gasteiger partial charge in [-0.3, -0.25) is 0 Å². The van der Waals surface area contributed by atoms with Crippen molar-refractivity contribution in [1.29, 1.82) is 0 Å². The monoisotopic (exact) mass is 241 g/mol. The van der Waals surface area contributed by atoms with Gasteiger partial charge in [0.25, 0.3) is 0 Å². The highest BCUT2D eigenvalue weighted by Gasteiger charge is 2.48. The summed E-state index contributed by atoms with van der Waals surface area (Å²) in [5, 5.41) is 3.97. The fourth-order valence-electron chi connectivity index (χ4n) is 2.23. The van der Waals surface area contributed by atoms with E-state index in [0.717, 1.165) is 6.61 Å². The zero-order valence-electron chi connectivity index (χ0n) is 11.5. The molecule has 1 saturated heterocycles. The van der Waals surface area contributed by atoms with Gasteiger partial charge in [-0.05, 0) is 42.8 Å². The predicted molar refractivity (Wildman–Crippen MR) is 71.2 cm³/mol. The molecule has 0 aromatic rings. The summed E-state index contributed by atoms with van der Waals surface area (Å²) in [4.78, 5) is 0. The maximum Gasteiger partial charge on any atom is 0.192 e. The third-order valence-electron chi connectivity index (χ3n) is 4.85. The van der Waals surface area contributed by atoms with Crippen LogP contribution in [0.5, 0.6) is 0 Å². The molecule has 3 heteroatoms. The van der Waals surface area contributed by atoms with Gasteiger partial charge < -0.3 is 9.74 Å². The Bertz CT molecular complexity index is 266. The maximum absolute atomic E-state index is 6.28. The van der Waals surface area contributed by atoms with Gasteiger partial charge in [-0.15, -0.1) is 0 Å². The van der Waals surface area contributed by atoms with Crippen LogP contribution in [0.1, 0.15) is 40.0 Å². The van der Waals surface area contributed by atoms with Crippen LogP contribution in [0, 0.1) is 5.41 Å². The van der Waals surface area contributed by atoms with Crippen LogP contribution in [0.2, 0.25) is 18.1 Å². The topological polar surface area (TPSA) is 21.3 Å². The molecular weight excluding hydrogens is 214 g/mol. The Morgan fingerprint density at radius 1 is 1.31 bits per heavy atom. The first-order valence-electron chi connectivity index (χ1n) is 6.62. The minimum Gasteiger partial charge on any atom is -0.415 e. The van der Waals surface area contributed by atoms with E-state index < -0.39 is 8.32 Å². The Labute approximate surface area is 101 Å². The van der Waals surface area contributed by atoms with Gasteiger partial charge in [-0.1, -0.05) is 20.8 Å². The molecule has 0 aromatic carbocycles. The van der Waals surface area contributed by atoms with E-state index in [1.165, 1.54) is 25.8 Å². The predicted octanol–water partition coefficient (Wildman–Crippen LogP) is 3.15. The number of rotatable bonds is 3. The Balaban J connectivity index is 1.79. The van der Waals surface area contributed by atoms with E-state index in [-0.39, 0.29) is 0 Å². The fraction of sp³-hybridized carbons (Fsp3) is 1.00. The lowest BCUT2D eigenvalue weighted by Gasteiger charge is -2.37. The minimum absolute atomic E-state index is 0.336. The lowest BCUT2D eigenvalue weighted by molar-refractivity contribution is 0.250. The molecule has 0 radical (unpaired) electrons. The zero-order valence-corrected chi connectivity index (χ0v) is 12.5. The van der Waals surface area contributed by atoms with Crippen LogP contribution in [0.4, 0.5) is 0 Å². The summed E-state index contributed by atoms with van der Waals surface area (Å²) < 4.78 is 6.28. The van der Waals surface area contributed by atoms with E-state index >= 15 is 0 Å². The van der Waals surface area contributed by atoms with E-state index in [9.17, 15) is 0 Å². The lowest BCUT2D eigenvalue weighted by atomic mass is 10.0. The van der Waals surface area contributed by atoms with Gasteiger partial charge in [0.15, 0.2) is 8.32 Å². The second-order valence-electron chi connectivity index (χ2n) is 7.35. The molecule has 94 valence electrons. The largest absolute Gasteiger partial charge is 0.415 e. The molecule has 2 fully saturated rings. The van der Waals surface area contributed by atoms with E-state index in [4.69, 9.17) is 4.43 Å². The first-order valence-corrected chi connectivity index (χ1v) is 9.52. The maximum atomic E-state index is 6.28. The average molecular weight is 241 g/mol. The van der Waals surface area contributed by atoms with Crippen molar-refractivity contribution in [3.8, 4) is 0 Å². The second-order valence-corrected chi connectivity index (χ2v) is 12.2. The van der Waals surface area contributed by atoms with E-state index in [0.29, 0.717) is 16.5 Å². The van der Waals surface area contributed by atoms with Crippen molar-refractivity contribution >= 4 is 8.32 Å². The van der Waals surface area contributed by atoms with Gasteiger partial charge >= 0.3 is 0 Å². The summed E-state index contributed by atoms with van der Waals surface area (Å²) in [6.07, 6.45) is 4.23. The molecule has 2 aliphatic rings. The van der Waals surface area contributed by atoms with Crippen LogP contribution < -0.4 is 5.32 Å². The molecule has 16 heavy (non-hydrogen) atoms. The fourth-order valence-corrected chi connectivity index (χ4v) is 3.28. The van der Waals surface area contributed by atoms with Crippen molar-refractivity contribution < 1.29 is 4.43 Å². The Kier molecular flexibility index (Phi) is 3.01. The highest BCUT2D eigenvalue weighted by Crippen LogP contribution is 2.52. The summed E-state index contributed by atoms with van der Waals surface area (Å²) in [6.45, 7) is 13.8. The molecular formula is C13H27NOSi. The van der Waals surface area contributed by atoms with E-state index in [1.54, 1.807) is 0 Å². The SMILES string of the molecule is CC(C)(C)[Si](C)(C)OCC1CC2(CC2)CN1. The van der Waals surface area contributed by atoms with Gasteiger partial charge in [0.1, 0.15) is 0 Å². The summed E-state index contributed by atoms with van der Waals surface area (Å²) in [5.41, 5.74) is 0.696. The van der Waals surface area contributed by atoms with Gasteiger partial charge in [0, 0.05) is 19.2 Å². The Hall–Kier alpha value is 0.137. The van der Waals surface area contributed by atoms with Crippen molar-refractivity contribution in [3.63, 3.8) is 0 Å². The first-order chi connectivity index (χ1) is 7.24. The van der Waals surface area contributed by atoms with Gasteiger partial charge in [-0.25, -0.2) is 0 Å². The summed E-state index contributed by atoms with van der Waals surface area (Å²) >= 11 is 0. The van der Waals surface area contributed by atoms with Crippen molar-refractivity contribution in [2.75, 3.05) is 13.2 Å². The van der Waals surface area contributed by atoms with Crippen molar-refractivity contribution in [2.24, 2.45) is 5.41 Å². The van der Waals surface area contributed by atoms with Crippen LogP contribution in [0.25, 0.3) is 0 Å². The summed E-state index contributed by atoms with van der Waals surface area (Å²) in [6, 6.07) is 0.622. The minimum atomic E-state index is -1.54. The molecule has 0 aromatic heterocycles. The normalized spacial score (nSPS) is 28.7. The molecule has 1 unspecified atom stereocenters. The van der Waals surface area contributed by atoms with Gasteiger partial charge in [0.05, 0.1) is 0 Å². The van der Waals surface area contributed by atoms with Crippen LogP contribution in [-0.2, 0) is 4.43 Å². The molecule has 1 spiro atoms. The molecule has 2 rings (SSSR count). The molecule has 1 N–H and O–H groups in total. The molecule has 1 saturated carbocycles. The van der Waals surface area contributed by atoms with Gasteiger partial charge in [0.2, 0.25) is 0 Å². The van der Waals surface area contributed by atoms with E-state index in [2.05, 4.69) is 39.2 Å². The second kappa shape index (κ2) is 3.82. The van der Waals surface area contributed by atoms with Crippen LogP contribution in [0.15, 0.2) is 0 Å².